The highest BCUT2D eigenvalue weighted by molar-refractivity contribution is 5.81. The molecule has 1 saturated heterocycles. The maximum atomic E-state index is 11.9. The third kappa shape index (κ3) is 4.55. The summed E-state index contributed by atoms with van der Waals surface area (Å²) in [5.41, 5.74) is -0.361. The van der Waals surface area contributed by atoms with E-state index in [0.29, 0.717) is 13.2 Å². The van der Waals surface area contributed by atoms with Gasteiger partial charge < -0.3 is 15.2 Å². The molecule has 0 bridgehead atoms. The van der Waals surface area contributed by atoms with Gasteiger partial charge in [-0.1, -0.05) is 13.3 Å². The molecule has 5 heteroatoms. The van der Waals surface area contributed by atoms with E-state index in [1.54, 1.807) is 0 Å². The normalized spacial score (nSPS) is 20.4. The Morgan fingerprint density at radius 2 is 2.11 bits per heavy atom. The number of ether oxygens (including phenoxy) is 1. The van der Waals surface area contributed by atoms with Gasteiger partial charge in [-0.3, -0.25) is 10.1 Å². The lowest BCUT2D eigenvalue weighted by atomic mass is 9.90. The SMILES string of the molecule is CCCCNC(=O)C(C)NC1(CO)CCOCC1. The van der Waals surface area contributed by atoms with Gasteiger partial charge in [-0.2, -0.15) is 0 Å². The molecule has 18 heavy (non-hydrogen) atoms. The van der Waals surface area contributed by atoms with Crippen molar-refractivity contribution < 1.29 is 14.6 Å². The number of nitrogens with one attached hydrogen (secondary N) is 2. The highest BCUT2D eigenvalue weighted by Gasteiger charge is 2.34. The van der Waals surface area contributed by atoms with Crippen LogP contribution in [0.2, 0.25) is 0 Å². The first-order valence-corrected chi connectivity index (χ1v) is 6.87. The smallest absolute Gasteiger partial charge is 0.236 e. The molecule has 0 aromatic heterocycles. The molecule has 1 aliphatic heterocycles. The number of hydrogen-bond acceptors (Lipinski definition) is 4. The Morgan fingerprint density at radius 3 is 2.67 bits per heavy atom. The maximum absolute atomic E-state index is 11.9. The number of rotatable bonds is 7. The molecule has 0 spiro atoms. The third-order valence-electron chi connectivity index (χ3n) is 3.50. The van der Waals surface area contributed by atoms with E-state index >= 15 is 0 Å². The van der Waals surface area contributed by atoms with Gasteiger partial charge in [-0.05, 0) is 26.2 Å². The molecule has 0 aliphatic carbocycles. The van der Waals surface area contributed by atoms with E-state index in [2.05, 4.69) is 17.6 Å². The van der Waals surface area contributed by atoms with E-state index in [-0.39, 0.29) is 24.1 Å². The number of hydrogen-bond donors (Lipinski definition) is 3. The molecule has 3 N–H and O–H groups in total. The summed E-state index contributed by atoms with van der Waals surface area (Å²) in [4.78, 5) is 11.9. The zero-order valence-corrected chi connectivity index (χ0v) is 11.5. The number of carbonyl (C=O) groups is 1. The lowest BCUT2D eigenvalue weighted by Gasteiger charge is -2.38. The van der Waals surface area contributed by atoms with Gasteiger partial charge in [0.1, 0.15) is 0 Å². The lowest BCUT2D eigenvalue weighted by Crippen LogP contribution is -2.58. The van der Waals surface area contributed by atoms with Crippen LogP contribution in [0.3, 0.4) is 0 Å². The van der Waals surface area contributed by atoms with Gasteiger partial charge >= 0.3 is 0 Å². The number of amides is 1. The molecule has 1 heterocycles. The number of carbonyl (C=O) groups excluding carboxylic acids is 1. The lowest BCUT2D eigenvalue weighted by molar-refractivity contribution is -0.124. The zero-order valence-electron chi connectivity index (χ0n) is 11.5. The monoisotopic (exact) mass is 258 g/mol. The molecule has 1 unspecified atom stereocenters. The molecule has 1 rings (SSSR count). The topological polar surface area (TPSA) is 70.6 Å². The van der Waals surface area contributed by atoms with Crippen LogP contribution in [-0.4, -0.2) is 49.0 Å². The summed E-state index contributed by atoms with van der Waals surface area (Å²) < 4.78 is 5.30. The van der Waals surface area contributed by atoms with Crippen LogP contribution in [0.5, 0.6) is 0 Å². The van der Waals surface area contributed by atoms with Crippen molar-refractivity contribution in [3.63, 3.8) is 0 Å². The number of aliphatic hydroxyl groups is 1. The second kappa shape index (κ2) is 7.71. The zero-order chi connectivity index (χ0) is 13.4. The molecular weight excluding hydrogens is 232 g/mol. The maximum Gasteiger partial charge on any atom is 0.236 e. The number of unbranched alkanes of at least 4 members (excludes halogenated alkanes) is 1. The fraction of sp³-hybridized carbons (Fsp3) is 0.923. The molecule has 1 fully saturated rings. The van der Waals surface area contributed by atoms with Crippen LogP contribution in [0.1, 0.15) is 39.5 Å². The van der Waals surface area contributed by atoms with E-state index in [1.807, 2.05) is 6.92 Å². The van der Waals surface area contributed by atoms with Crippen molar-refractivity contribution in [2.75, 3.05) is 26.4 Å². The van der Waals surface area contributed by atoms with E-state index in [0.717, 1.165) is 32.2 Å². The predicted molar refractivity (Wildman–Crippen MR) is 70.4 cm³/mol. The Labute approximate surface area is 109 Å². The van der Waals surface area contributed by atoms with Gasteiger partial charge in [0.2, 0.25) is 5.91 Å². The first-order chi connectivity index (χ1) is 8.63. The molecule has 0 aromatic carbocycles. The Kier molecular flexibility index (Phi) is 6.60. The van der Waals surface area contributed by atoms with Crippen LogP contribution in [0.25, 0.3) is 0 Å². The minimum absolute atomic E-state index is 0.00256. The molecule has 0 aromatic rings. The van der Waals surface area contributed by atoms with Crippen LogP contribution in [0, 0.1) is 0 Å². The quantitative estimate of drug-likeness (QED) is 0.579. The highest BCUT2D eigenvalue weighted by atomic mass is 16.5. The van der Waals surface area contributed by atoms with Crippen molar-refractivity contribution in [1.29, 1.82) is 0 Å². The standard InChI is InChI=1S/C13H26N2O3/c1-3-4-7-14-12(17)11(2)15-13(10-16)5-8-18-9-6-13/h11,15-16H,3-10H2,1-2H3,(H,14,17). The average Bonchev–Trinajstić information content (AvgIpc) is 2.40. The third-order valence-corrected chi connectivity index (χ3v) is 3.50. The highest BCUT2D eigenvalue weighted by Crippen LogP contribution is 2.20. The Morgan fingerprint density at radius 1 is 1.44 bits per heavy atom. The summed E-state index contributed by atoms with van der Waals surface area (Å²) in [5.74, 6) is 0.00256. The summed E-state index contributed by atoms with van der Waals surface area (Å²) >= 11 is 0. The Balaban J connectivity index is 2.40. The van der Waals surface area contributed by atoms with Crippen molar-refractivity contribution >= 4 is 5.91 Å². The summed E-state index contributed by atoms with van der Waals surface area (Å²) in [6.45, 7) is 5.97. The van der Waals surface area contributed by atoms with Gasteiger partial charge in [0.15, 0.2) is 0 Å². The molecule has 1 amide bonds. The molecule has 5 nitrogen and oxygen atoms in total. The minimum atomic E-state index is -0.361. The van der Waals surface area contributed by atoms with Crippen molar-refractivity contribution in [1.82, 2.24) is 10.6 Å². The van der Waals surface area contributed by atoms with Crippen molar-refractivity contribution in [2.45, 2.75) is 51.1 Å². The van der Waals surface area contributed by atoms with E-state index < -0.39 is 0 Å². The molecule has 106 valence electrons. The largest absolute Gasteiger partial charge is 0.394 e. The number of aliphatic hydroxyl groups excluding tert-OH is 1. The van der Waals surface area contributed by atoms with Crippen molar-refractivity contribution in [3.8, 4) is 0 Å². The summed E-state index contributed by atoms with van der Waals surface area (Å²) in [5, 5.41) is 15.7. The summed E-state index contributed by atoms with van der Waals surface area (Å²) in [6, 6.07) is -0.285. The van der Waals surface area contributed by atoms with E-state index in [1.165, 1.54) is 0 Å². The predicted octanol–water partition coefficient (Wildman–Crippen LogP) is 0.422. The molecular formula is C13H26N2O3. The van der Waals surface area contributed by atoms with Crippen LogP contribution < -0.4 is 10.6 Å². The van der Waals surface area contributed by atoms with E-state index in [4.69, 9.17) is 4.74 Å². The summed E-state index contributed by atoms with van der Waals surface area (Å²) in [7, 11) is 0. The fourth-order valence-corrected chi connectivity index (χ4v) is 2.18. The van der Waals surface area contributed by atoms with Crippen LogP contribution >= 0.6 is 0 Å². The van der Waals surface area contributed by atoms with Gasteiger partial charge in [0, 0.05) is 25.3 Å². The Hall–Kier alpha value is -0.650. The van der Waals surface area contributed by atoms with Crippen LogP contribution in [-0.2, 0) is 9.53 Å². The molecule has 1 aliphatic rings. The first-order valence-electron chi connectivity index (χ1n) is 6.87. The van der Waals surface area contributed by atoms with E-state index in [9.17, 15) is 9.90 Å². The van der Waals surface area contributed by atoms with Crippen molar-refractivity contribution in [2.24, 2.45) is 0 Å². The molecule has 0 radical (unpaired) electrons. The molecule has 1 atom stereocenters. The second-order valence-corrected chi connectivity index (χ2v) is 5.06. The van der Waals surface area contributed by atoms with Gasteiger partial charge in [0.25, 0.3) is 0 Å². The second-order valence-electron chi connectivity index (χ2n) is 5.06. The minimum Gasteiger partial charge on any atom is -0.394 e. The van der Waals surface area contributed by atoms with Gasteiger partial charge in [-0.25, -0.2) is 0 Å². The average molecular weight is 258 g/mol. The van der Waals surface area contributed by atoms with Gasteiger partial charge in [0.05, 0.1) is 12.6 Å². The Bertz CT molecular complexity index is 253. The molecule has 0 saturated carbocycles. The van der Waals surface area contributed by atoms with Crippen LogP contribution in [0.4, 0.5) is 0 Å². The van der Waals surface area contributed by atoms with Crippen LogP contribution in [0.15, 0.2) is 0 Å². The first kappa shape index (κ1) is 15.4. The summed E-state index contributed by atoms with van der Waals surface area (Å²) in [6.07, 6.45) is 3.56. The van der Waals surface area contributed by atoms with Crippen molar-refractivity contribution in [3.05, 3.63) is 0 Å². The fourth-order valence-electron chi connectivity index (χ4n) is 2.18. The van der Waals surface area contributed by atoms with Gasteiger partial charge in [-0.15, -0.1) is 0 Å².